The zero-order valence-corrected chi connectivity index (χ0v) is 17.7. The Kier molecular flexibility index (Phi) is 9.10. The number of hydrogen-bond donors (Lipinski definition) is 3. The van der Waals surface area contributed by atoms with Crippen LogP contribution in [0.25, 0.3) is 0 Å². The largest absolute Gasteiger partial charge is 0.354 e. The Balaban J connectivity index is 2.42. The van der Waals surface area contributed by atoms with Crippen molar-refractivity contribution in [1.82, 2.24) is 15.5 Å². The van der Waals surface area contributed by atoms with Gasteiger partial charge in [-0.25, -0.2) is 0 Å². The monoisotopic (exact) mass is 385 g/mol. The van der Waals surface area contributed by atoms with Gasteiger partial charge in [0, 0.05) is 19.4 Å². The Morgan fingerprint density at radius 2 is 1.77 bits per heavy atom. The third kappa shape index (κ3) is 8.08. The van der Waals surface area contributed by atoms with Crippen molar-refractivity contribution >= 4 is 30.4 Å². The van der Waals surface area contributed by atoms with Crippen LogP contribution in [0, 0.1) is 11.3 Å². The van der Waals surface area contributed by atoms with Gasteiger partial charge in [0.25, 0.3) is 0 Å². The first-order valence-electron chi connectivity index (χ1n) is 9.55. The summed E-state index contributed by atoms with van der Waals surface area (Å²) in [5, 5.41) is 5.96. The molecule has 2 atom stereocenters. The molecule has 1 heterocycles. The molecule has 0 aromatic carbocycles. The summed E-state index contributed by atoms with van der Waals surface area (Å²) in [6.07, 6.45) is 2.71. The minimum Gasteiger partial charge on any atom is -0.354 e. The highest BCUT2D eigenvalue weighted by molar-refractivity contribution is 7.80. The minimum absolute atomic E-state index is 0.0287. The number of hydrogen-bond acceptors (Lipinski definition) is 5. The average Bonchev–Trinajstić information content (AvgIpc) is 2.85. The molecule has 6 nitrogen and oxygen atoms in total. The number of nitrogens with one attached hydrogen (secondary N) is 2. The van der Waals surface area contributed by atoms with Gasteiger partial charge in [-0.15, -0.1) is 0 Å². The maximum Gasteiger partial charge on any atom is 0.237 e. The van der Waals surface area contributed by atoms with E-state index in [0.717, 1.165) is 12.8 Å². The van der Waals surface area contributed by atoms with Gasteiger partial charge in [-0.1, -0.05) is 34.6 Å². The summed E-state index contributed by atoms with van der Waals surface area (Å²) in [5.74, 6) is 0.163. The minimum atomic E-state index is -0.377. The maximum atomic E-state index is 12.5. The molecule has 0 radical (unpaired) electrons. The van der Waals surface area contributed by atoms with Gasteiger partial charge in [0.05, 0.1) is 11.4 Å². The highest BCUT2D eigenvalue weighted by atomic mass is 32.1. The third-order valence-electron chi connectivity index (χ3n) is 4.23. The SMILES string of the molecule is CC(C)CC(NCCCC(S)N1C(=O)CCC1=O)C(=O)NCC(C)(C)C. The molecule has 26 heavy (non-hydrogen) atoms. The molecule has 0 aliphatic carbocycles. The molecule has 3 amide bonds. The first-order valence-corrected chi connectivity index (χ1v) is 10.1. The lowest BCUT2D eigenvalue weighted by Crippen LogP contribution is -2.47. The van der Waals surface area contributed by atoms with Crippen LogP contribution in [0.4, 0.5) is 0 Å². The van der Waals surface area contributed by atoms with Crippen molar-refractivity contribution in [2.24, 2.45) is 11.3 Å². The Morgan fingerprint density at radius 1 is 1.19 bits per heavy atom. The number of amides is 3. The van der Waals surface area contributed by atoms with Crippen LogP contribution < -0.4 is 10.6 Å². The second kappa shape index (κ2) is 10.3. The second-order valence-electron chi connectivity index (χ2n) is 8.70. The number of thiol groups is 1. The molecule has 1 saturated heterocycles. The molecule has 1 fully saturated rings. The van der Waals surface area contributed by atoms with Gasteiger partial charge < -0.3 is 10.6 Å². The zero-order valence-electron chi connectivity index (χ0n) is 16.8. The quantitative estimate of drug-likeness (QED) is 0.306. The summed E-state index contributed by atoms with van der Waals surface area (Å²) in [7, 11) is 0. The molecule has 2 unspecified atom stereocenters. The van der Waals surface area contributed by atoms with Crippen molar-refractivity contribution in [2.75, 3.05) is 13.1 Å². The van der Waals surface area contributed by atoms with Crippen LogP contribution in [0.15, 0.2) is 0 Å². The van der Waals surface area contributed by atoms with Gasteiger partial charge in [-0.3, -0.25) is 19.3 Å². The van der Waals surface area contributed by atoms with Crippen LogP contribution in [-0.2, 0) is 14.4 Å². The summed E-state index contributed by atoms with van der Waals surface area (Å²) in [6.45, 7) is 11.7. The van der Waals surface area contributed by atoms with Crippen LogP contribution in [0.1, 0.15) is 66.7 Å². The number of imide groups is 1. The average molecular weight is 386 g/mol. The molecule has 1 aliphatic rings. The van der Waals surface area contributed by atoms with E-state index in [-0.39, 0.29) is 34.6 Å². The van der Waals surface area contributed by atoms with E-state index in [1.54, 1.807) is 0 Å². The lowest BCUT2D eigenvalue weighted by atomic mass is 9.96. The third-order valence-corrected chi connectivity index (χ3v) is 4.72. The fraction of sp³-hybridized carbons (Fsp3) is 0.842. The predicted molar refractivity (Wildman–Crippen MR) is 107 cm³/mol. The summed E-state index contributed by atoms with van der Waals surface area (Å²) in [6, 6.07) is -0.231. The molecule has 7 heteroatoms. The second-order valence-corrected chi connectivity index (χ2v) is 9.29. The number of rotatable bonds is 10. The van der Waals surface area contributed by atoms with Gasteiger partial charge in [-0.2, -0.15) is 12.6 Å². The van der Waals surface area contributed by atoms with Crippen molar-refractivity contribution in [3.63, 3.8) is 0 Å². The molecule has 0 aromatic rings. The van der Waals surface area contributed by atoms with Crippen LogP contribution >= 0.6 is 12.6 Å². The van der Waals surface area contributed by atoms with Gasteiger partial charge in [0.15, 0.2) is 0 Å². The Morgan fingerprint density at radius 3 is 2.27 bits per heavy atom. The van der Waals surface area contributed by atoms with Crippen LogP contribution in [-0.4, -0.2) is 47.1 Å². The molecule has 1 rings (SSSR count). The normalized spacial score (nSPS) is 17.7. The molecule has 0 bridgehead atoms. The van der Waals surface area contributed by atoms with Crippen molar-refractivity contribution in [2.45, 2.75) is 78.1 Å². The number of carbonyl (C=O) groups is 3. The van der Waals surface area contributed by atoms with Crippen molar-refractivity contribution in [3.8, 4) is 0 Å². The molecule has 1 aliphatic heterocycles. The zero-order chi connectivity index (χ0) is 19.9. The molecule has 150 valence electrons. The van der Waals surface area contributed by atoms with Crippen molar-refractivity contribution in [1.29, 1.82) is 0 Å². The smallest absolute Gasteiger partial charge is 0.237 e. The lowest BCUT2D eigenvalue weighted by Gasteiger charge is -2.25. The number of carbonyl (C=O) groups excluding carboxylic acids is 3. The summed E-state index contributed by atoms with van der Waals surface area (Å²) in [5.41, 5.74) is 0.0477. The fourth-order valence-electron chi connectivity index (χ4n) is 2.85. The Hall–Kier alpha value is -1.08. The first-order chi connectivity index (χ1) is 12.0. The van der Waals surface area contributed by atoms with E-state index in [4.69, 9.17) is 0 Å². The predicted octanol–water partition coefficient (Wildman–Crippen LogP) is 2.34. The Labute approximate surface area is 163 Å². The fourth-order valence-corrected chi connectivity index (χ4v) is 3.29. The number of nitrogens with zero attached hydrogens (tertiary/aromatic N) is 1. The Bertz CT molecular complexity index is 487. The number of likely N-dealkylation sites (tertiary alicyclic amines) is 1. The highest BCUT2D eigenvalue weighted by Gasteiger charge is 2.33. The van der Waals surface area contributed by atoms with Gasteiger partial charge in [0.2, 0.25) is 17.7 Å². The van der Waals surface area contributed by atoms with Gasteiger partial charge >= 0.3 is 0 Å². The molecule has 0 spiro atoms. The van der Waals surface area contributed by atoms with Crippen molar-refractivity contribution < 1.29 is 14.4 Å². The van der Waals surface area contributed by atoms with E-state index in [0.29, 0.717) is 38.3 Å². The maximum absolute atomic E-state index is 12.5. The van der Waals surface area contributed by atoms with E-state index < -0.39 is 0 Å². The molecular formula is C19H35N3O3S. The molecule has 0 saturated carbocycles. The molecule has 0 aromatic heterocycles. The topological polar surface area (TPSA) is 78.5 Å². The van der Waals surface area contributed by atoms with Crippen LogP contribution in [0.3, 0.4) is 0 Å². The van der Waals surface area contributed by atoms with Crippen LogP contribution in [0.2, 0.25) is 0 Å². The van der Waals surface area contributed by atoms with E-state index in [1.165, 1.54) is 4.90 Å². The van der Waals surface area contributed by atoms with E-state index >= 15 is 0 Å². The summed E-state index contributed by atoms with van der Waals surface area (Å²) < 4.78 is 0. The standard InChI is InChI=1S/C19H35N3O3S/c1-13(2)11-14(18(25)21-12-19(3,4)5)20-10-6-7-17(26)22-15(23)8-9-16(22)24/h13-14,17,20,26H,6-12H2,1-5H3,(H,21,25). The molecule has 2 N–H and O–H groups in total. The summed E-state index contributed by atoms with van der Waals surface area (Å²) in [4.78, 5) is 37.2. The highest BCUT2D eigenvalue weighted by Crippen LogP contribution is 2.20. The van der Waals surface area contributed by atoms with Crippen LogP contribution in [0.5, 0.6) is 0 Å². The van der Waals surface area contributed by atoms with E-state index in [9.17, 15) is 14.4 Å². The van der Waals surface area contributed by atoms with Crippen molar-refractivity contribution in [3.05, 3.63) is 0 Å². The van der Waals surface area contributed by atoms with E-state index in [1.807, 2.05) is 0 Å². The lowest BCUT2D eigenvalue weighted by molar-refractivity contribution is -0.139. The summed E-state index contributed by atoms with van der Waals surface area (Å²) >= 11 is 4.41. The van der Waals surface area contributed by atoms with Gasteiger partial charge in [-0.05, 0) is 37.1 Å². The first kappa shape index (κ1) is 23.0. The van der Waals surface area contributed by atoms with Gasteiger partial charge in [0.1, 0.15) is 0 Å². The van der Waals surface area contributed by atoms with E-state index in [2.05, 4.69) is 57.9 Å². The molecular weight excluding hydrogens is 350 g/mol.